The van der Waals surface area contributed by atoms with Crippen molar-refractivity contribution in [2.75, 3.05) is 25.1 Å². The Hall–Kier alpha value is -2.19. The number of aryl methyl sites for hydroxylation is 2. The van der Waals surface area contributed by atoms with Gasteiger partial charge in [-0.1, -0.05) is 31.7 Å². The lowest BCUT2D eigenvalue weighted by atomic mass is 9.99. The number of carboxylic acids is 1. The third-order valence-electron chi connectivity index (χ3n) is 6.40. The number of aliphatic carboxylic acids is 1. The number of nitrogens with one attached hydrogen (secondary N) is 2. The molecule has 1 fully saturated rings. The number of pyridine rings is 1. The maximum atomic E-state index is 12.6. The molecular formula is C24H38N4O4. The third kappa shape index (κ3) is 6.90. The minimum Gasteiger partial charge on any atom is -0.481 e. The van der Waals surface area contributed by atoms with E-state index in [-0.39, 0.29) is 12.1 Å². The van der Waals surface area contributed by atoms with Crippen LogP contribution in [0.2, 0.25) is 0 Å². The molecule has 3 heterocycles. The minimum atomic E-state index is -1.05. The molecule has 0 radical (unpaired) electrons. The Labute approximate surface area is 191 Å². The van der Waals surface area contributed by atoms with Gasteiger partial charge in [0.15, 0.2) is 0 Å². The first-order chi connectivity index (χ1) is 15.5. The molecule has 2 aliphatic heterocycles. The van der Waals surface area contributed by atoms with E-state index in [0.29, 0.717) is 19.6 Å². The van der Waals surface area contributed by atoms with Crippen LogP contribution >= 0.6 is 0 Å². The van der Waals surface area contributed by atoms with Crippen LogP contribution in [0.1, 0.15) is 70.1 Å². The van der Waals surface area contributed by atoms with E-state index in [2.05, 4.69) is 22.9 Å². The van der Waals surface area contributed by atoms with Gasteiger partial charge in [0.2, 0.25) is 5.91 Å². The Bertz CT molecular complexity index is 762. The fourth-order valence-corrected chi connectivity index (χ4v) is 4.49. The summed E-state index contributed by atoms with van der Waals surface area (Å²) in [5.74, 6) is -1.44. The average molecular weight is 447 g/mol. The Balaban J connectivity index is 1.33. The number of aromatic nitrogens is 1. The quantitative estimate of drug-likeness (QED) is 0.354. The van der Waals surface area contributed by atoms with Gasteiger partial charge in [0.25, 0.3) is 0 Å². The fourth-order valence-electron chi connectivity index (χ4n) is 4.49. The predicted molar refractivity (Wildman–Crippen MR) is 123 cm³/mol. The molecule has 3 N–H and O–H groups in total. The van der Waals surface area contributed by atoms with Crippen LogP contribution in [0.3, 0.4) is 0 Å². The van der Waals surface area contributed by atoms with Gasteiger partial charge < -0.3 is 15.2 Å². The molecule has 0 aliphatic carbocycles. The summed E-state index contributed by atoms with van der Waals surface area (Å²) in [5.41, 5.74) is 5.27. The molecule has 178 valence electrons. The molecule has 32 heavy (non-hydrogen) atoms. The van der Waals surface area contributed by atoms with Crippen molar-refractivity contribution >= 4 is 17.7 Å². The van der Waals surface area contributed by atoms with Crippen LogP contribution in [0.25, 0.3) is 0 Å². The molecular weight excluding hydrogens is 408 g/mol. The largest absolute Gasteiger partial charge is 0.481 e. The maximum Gasteiger partial charge on any atom is 0.316 e. The molecule has 2 aliphatic rings. The number of morpholine rings is 1. The molecule has 1 aromatic rings. The van der Waals surface area contributed by atoms with Gasteiger partial charge in [-0.25, -0.2) is 9.99 Å². The predicted octanol–water partition coefficient (Wildman–Crippen LogP) is 3.16. The Morgan fingerprint density at radius 1 is 1.19 bits per heavy atom. The van der Waals surface area contributed by atoms with Crippen molar-refractivity contribution in [3.8, 4) is 0 Å². The van der Waals surface area contributed by atoms with Gasteiger partial charge in [0, 0.05) is 12.2 Å². The minimum absolute atomic E-state index is 0.0255. The molecule has 8 nitrogen and oxygen atoms in total. The number of ether oxygens (including phenoxy) is 1. The number of anilines is 1. The number of carboxylic acid groups (broad SMARTS) is 1. The number of hydrazine groups is 1. The standard InChI is InChI=1S/C24H38N4O4/c1-17-15-32-16-18(2)28(17)27-23(29)21(24(30)31)11-7-5-3-4-6-10-20-13-12-19-9-8-14-25-22(19)26-20/h12-13,17-18,21H,3-11,14-16H2,1-2H3,(H,25,26)(H,27,29)(H,30,31)/t17-,18-,21-/m0/s1. The molecule has 1 amide bonds. The fraction of sp³-hybridized carbons (Fsp3) is 0.708. The van der Waals surface area contributed by atoms with Gasteiger partial charge >= 0.3 is 5.97 Å². The number of nitrogens with zero attached hydrogens (tertiary/aromatic N) is 2. The monoisotopic (exact) mass is 446 g/mol. The molecule has 1 aromatic heterocycles. The molecule has 8 heteroatoms. The van der Waals surface area contributed by atoms with Crippen molar-refractivity contribution in [1.29, 1.82) is 0 Å². The first kappa shape index (κ1) is 24.5. The molecule has 0 aromatic carbocycles. The summed E-state index contributed by atoms with van der Waals surface area (Å²) < 4.78 is 5.46. The number of fused-ring (bicyclic) bond motifs is 1. The van der Waals surface area contributed by atoms with Crippen LogP contribution in [-0.4, -0.2) is 58.8 Å². The summed E-state index contributed by atoms with van der Waals surface area (Å²) in [4.78, 5) is 29.0. The second-order valence-corrected chi connectivity index (χ2v) is 9.16. The highest BCUT2D eigenvalue weighted by Gasteiger charge is 2.32. The normalized spacial score (nSPS) is 21.9. The van der Waals surface area contributed by atoms with Gasteiger partial charge in [0.05, 0.1) is 25.3 Å². The van der Waals surface area contributed by atoms with E-state index in [1.54, 1.807) is 0 Å². The summed E-state index contributed by atoms with van der Waals surface area (Å²) in [7, 11) is 0. The second-order valence-electron chi connectivity index (χ2n) is 9.16. The van der Waals surface area contributed by atoms with Gasteiger partial charge in [-0.2, -0.15) is 0 Å². The highest BCUT2D eigenvalue weighted by molar-refractivity contribution is 5.96. The first-order valence-electron chi connectivity index (χ1n) is 12.1. The van der Waals surface area contributed by atoms with Crippen LogP contribution < -0.4 is 10.7 Å². The van der Waals surface area contributed by atoms with Crippen LogP contribution in [0, 0.1) is 5.92 Å². The topological polar surface area (TPSA) is 104 Å². The number of hydrogen-bond acceptors (Lipinski definition) is 6. The van der Waals surface area contributed by atoms with Crippen molar-refractivity contribution in [3.05, 3.63) is 23.4 Å². The van der Waals surface area contributed by atoms with Gasteiger partial charge in [0.1, 0.15) is 11.7 Å². The first-order valence-corrected chi connectivity index (χ1v) is 12.1. The lowest BCUT2D eigenvalue weighted by Gasteiger charge is -2.38. The number of amides is 1. The summed E-state index contributed by atoms with van der Waals surface area (Å²) in [6, 6.07) is 4.38. The van der Waals surface area contributed by atoms with E-state index in [4.69, 9.17) is 9.72 Å². The number of rotatable bonds is 11. The van der Waals surface area contributed by atoms with E-state index in [0.717, 1.165) is 63.0 Å². The molecule has 0 saturated carbocycles. The Morgan fingerprint density at radius 2 is 1.91 bits per heavy atom. The molecule has 0 bridgehead atoms. The van der Waals surface area contributed by atoms with Crippen LogP contribution in [0.15, 0.2) is 12.1 Å². The second kappa shape index (κ2) is 12.2. The van der Waals surface area contributed by atoms with Crippen molar-refractivity contribution in [2.45, 2.75) is 83.7 Å². The summed E-state index contributed by atoms with van der Waals surface area (Å²) in [6.45, 7) is 5.98. The third-order valence-corrected chi connectivity index (χ3v) is 6.40. The zero-order valence-corrected chi connectivity index (χ0v) is 19.4. The number of carbonyl (C=O) groups is 2. The Kier molecular flexibility index (Phi) is 9.29. The number of carbonyl (C=O) groups excluding carboxylic acids is 1. The van der Waals surface area contributed by atoms with E-state index >= 15 is 0 Å². The summed E-state index contributed by atoms with van der Waals surface area (Å²) in [6.07, 6.45) is 8.46. The van der Waals surface area contributed by atoms with Gasteiger partial charge in [-0.15, -0.1) is 0 Å². The maximum absolute atomic E-state index is 12.6. The lowest BCUT2D eigenvalue weighted by molar-refractivity contribution is -0.152. The van der Waals surface area contributed by atoms with Crippen molar-refractivity contribution in [1.82, 2.24) is 15.4 Å². The van der Waals surface area contributed by atoms with E-state index in [1.165, 1.54) is 12.0 Å². The highest BCUT2D eigenvalue weighted by Crippen LogP contribution is 2.21. The zero-order chi connectivity index (χ0) is 22.9. The van der Waals surface area contributed by atoms with E-state index in [1.807, 2.05) is 18.9 Å². The lowest BCUT2D eigenvalue weighted by Crippen LogP contribution is -2.59. The smallest absolute Gasteiger partial charge is 0.316 e. The number of hydrogen-bond donors (Lipinski definition) is 3. The highest BCUT2D eigenvalue weighted by atomic mass is 16.5. The average Bonchev–Trinajstić information content (AvgIpc) is 2.77. The number of unbranched alkanes of at least 4 members (excludes halogenated alkanes) is 4. The molecule has 0 unspecified atom stereocenters. The van der Waals surface area contributed by atoms with Crippen LogP contribution in [0.4, 0.5) is 5.82 Å². The van der Waals surface area contributed by atoms with E-state index in [9.17, 15) is 14.7 Å². The molecule has 3 rings (SSSR count). The molecule has 1 saturated heterocycles. The summed E-state index contributed by atoms with van der Waals surface area (Å²) in [5, 5.41) is 14.7. The summed E-state index contributed by atoms with van der Waals surface area (Å²) >= 11 is 0. The molecule has 0 spiro atoms. The SMILES string of the molecule is C[C@H]1COC[C@H](C)N1NC(=O)[C@H](CCCCCCCc1ccc2c(n1)NCCC2)C(=O)O. The molecule has 3 atom stereocenters. The van der Waals surface area contributed by atoms with Crippen LogP contribution in [-0.2, 0) is 27.2 Å². The van der Waals surface area contributed by atoms with Crippen LogP contribution in [0.5, 0.6) is 0 Å². The zero-order valence-electron chi connectivity index (χ0n) is 19.4. The van der Waals surface area contributed by atoms with Gasteiger partial charge in [-0.3, -0.25) is 15.0 Å². The van der Waals surface area contributed by atoms with Crippen molar-refractivity contribution < 1.29 is 19.4 Å². The van der Waals surface area contributed by atoms with E-state index < -0.39 is 17.8 Å². The Morgan fingerprint density at radius 3 is 2.66 bits per heavy atom. The van der Waals surface area contributed by atoms with Crippen molar-refractivity contribution in [2.24, 2.45) is 5.92 Å². The van der Waals surface area contributed by atoms with Crippen molar-refractivity contribution in [3.63, 3.8) is 0 Å². The van der Waals surface area contributed by atoms with Gasteiger partial charge in [-0.05, 0) is 57.6 Å².